The molecule has 1 N–H and O–H groups in total. The van der Waals surface area contributed by atoms with Gasteiger partial charge in [0.15, 0.2) is 6.79 Å². The molecule has 5 heteroatoms. The summed E-state index contributed by atoms with van der Waals surface area (Å²) in [4.78, 5) is 11.1. The summed E-state index contributed by atoms with van der Waals surface area (Å²) in [5.74, 6) is 0.549. The van der Waals surface area contributed by atoms with Crippen molar-refractivity contribution in [1.82, 2.24) is 0 Å². The van der Waals surface area contributed by atoms with Gasteiger partial charge in [-0.15, -0.1) is 0 Å². The van der Waals surface area contributed by atoms with Crippen molar-refractivity contribution in [2.45, 2.75) is 6.42 Å². The topological polar surface area (TPSA) is 68.9 Å². The Morgan fingerprint density at radius 1 is 1.33 bits per heavy atom. The zero-order valence-electron chi connectivity index (χ0n) is 10.0. The van der Waals surface area contributed by atoms with E-state index in [9.17, 15) is 4.79 Å². The van der Waals surface area contributed by atoms with E-state index in [0.717, 1.165) is 10.9 Å². The fourth-order valence-corrected chi connectivity index (χ4v) is 1.72. The van der Waals surface area contributed by atoms with Crippen LogP contribution in [-0.2, 0) is 11.2 Å². The average Bonchev–Trinajstić information content (AvgIpc) is 2.37. The normalized spacial score (nSPS) is 10.8. The van der Waals surface area contributed by atoms with Gasteiger partial charge in [-0.05, 0) is 24.1 Å². The van der Waals surface area contributed by atoms with E-state index >= 15 is 0 Å². The van der Waals surface area contributed by atoms with E-state index in [1.165, 1.54) is 13.2 Å². The molecular weight excluding hydrogens is 236 g/mol. The summed E-state index contributed by atoms with van der Waals surface area (Å²) in [5.41, 5.74) is 0.890. The first-order valence-corrected chi connectivity index (χ1v) is 5.54. The lowest BCUT2D eigenvalue weighted by Crippen LogP contribution is -2.04. The predicted octanol–water partition coefficient (Wildman–Crippen LogP) is 1.31. The van der Waals surface area contributed by atoms with Crippen LogP contribution in [0.2, 0.25) is 0 Å². The maximum atomic E-state index is 11.1. The highest BCUT2D eigenvalue weighted by Crippen LogP contribution is 2.25. The van der Waals surface area contributed by atoms with Crippen LogP contribution in [0.15, 0.2) is 33.5 Å². The Bertz CT molecular complexity index is 587. The first kappa shape index (κ1) is 12.6. The van der Waals surface area contributed by atoms with Crippen LogP contribution < -0.4 is 10.4 Å². The molecule has 0 atom stereocenters. The summed E-state index contributed by atoms with van der Waals surface area (Å²) >= 11 is 0. The van der Waals surface area contributed by atoms with Crippen LogP contribution >= 0.6 is 0 Å². The van der Waals surface area contributed by atoms with Gasteiger partial charge in [-0.1, -0.05) is 0 Å². The van der Waals surface area contributed by atoms with Crippen LogP contribution in [0.25, 0.3) is 11.0 Å². The molecule has 0 unspecified atom stereocenters. The highest BCUT2D eigenvalue weighted by atomic mass is 16.7. The van der Waals surface area contributed by atoms with Crippen molar-refractivity contribution in [2.75, 3.05) is 20.5 Å². The molecule has 0 spiro atoms. The van der Waals surface area contributed by atoms with Crippen molar-refractivity contribution in [3.05, 3.63) is 40.2 Å². The minimum Gasteiger partial charge on any atom is -0.467 e. The minimum absolute atomic E-state index is 0.0195. The third-order valence-electron chi connectivity index (χ3n) is 2.52. The van der Waals surface area contributed by atoms with E-state index in [1.807, 2.05) is 6.07 Å². The summed E-state index contributed by atoms with van der Waals surface area (Å²) in [6.45, 7) is 0.118. The molecule has 2 aromatic rings. The third kappa shape index (κ3) is 2.69. The Balaban J connectivity index is 2.49. The van der Waals surface area contributed by atoms with E-state index in [1.54, 1.807) is 12.1 Å². The number of hydrogen-bond acceptors (Lipinski definition) is 5. The van der Waals surface area contributed by atoms with Crippen LogP contribution in [-0.4, -0.2) is 25.6 Å². The number of aliphatic hydroxyl groups excluding tert-OH is 1. The molecule has 18 heavy (non-hydrogen) atoms. The van der Waals surface area contributed by atoms with Gasteiger partial charge in [-0.2, -0.15) is 0 Å². The molecule has 0 aliphatic carbocycles. The number of aliphatic hydroxyl groups is 1. The molecule has 0 amide bonds. The monoisotopic (exact) mass is 250 g/mol. The van der Waals surface area contributed by atoms with Crippen molar-refractivity contribution in [3.8, 4) is 5.75 Å². The average molecular weight is 250 g/mol. The Morgan fingerprint density at radius 3 is 2.89 bits per heavy atom. The van der Waals surface area contributed by atoms with Gasteiger partial charge in [0.05, 0.1) is 0 Å². The van der Waals surface area contributed by atoms with E-state index < -0.39 is 5.63 Å². The van der Waals surface area contributed by atoms with Crippen LogP contribution in [0.4, 0.5) is 0 Å². The van der Waals surface area contributed by atoms with E-state index in [2.05, 4.69) is 0 Å². The van der Waals surface area contributed by atoms with Crippen molar-refractivity contribution < 1.29 is 19.0 Å². The lowest BCUT2D eigenvalue weighted by molar-refractivity contribution is 0.0503. The molecule has 0 saturated carbocycles. The van der Waals surface area contributed by atoms with Crippen molar-refractivity contribution in [2.24, 2.45) is 0 Å². The van der Waals surface area contributed by atoms with Crippen LogP contribution in [0.5, 0.6) is 5.75 Å². The number of benzene rings is 1. The number of methoxy groups -OCH3 is 1. The van der Waals surface area contributed by atoms with Crippen molar-refractivity contribution in [1.29, 1.82) is 0 Å². The molecule has 0 radical (unpaired) electrons. The molecule has 0 aliphatic rings. The van der Waals surface area contributed by atoms with Gasteiger partial charge in [0.1, 0.15) is 11.3 Å². The molecule has 1 aromatic heterocycles. The molecule has 2 rings (SSSR count). The molecular formula is C13H14O5. The zero-order chi connectivity index (χ0) is 13.0. The number of rotatable bonds is 5. The van der Waals surface area contributed by atoms with Gasteiger partial charge in [0, 0.05) is 31.2 Å². The highest BCUT2D eigenvalue weighted by Gasteiger charge is 2.08. The standard InChI is InChI=1S/C13H14O5/c1-16-8-17-11-7-12-9(2-3-13(15)18-12)6-10(11)4-5-14/h2-3,6-7,14H,4-5,8H2,1H3. The Kier molecular flexibility index (Phi) is 3.96. The Hall–Kier alpha value is -1.85. The fraction of sp³-hybridized carbons (Fsp3) is 0.308. The van der Waals surface area contributed by atoms with Crippen LogP contribution in [0.3, 0.4) is 0 Å². The van der Waals surface area contributed by atoms with E-state index in [4.69, 9.17) is 19.0 Å². The maximum Gasteiger partial charge on any atom is 0.336 e. The molecule has 1 aromatic carbocycles. The first-order chi connectivity index (χ1) is 8.74. The molecule has 0 saturated heterocycles. The van der Waals surface area contributed by atoms with Crippen LogP contribution in [0, 0.1) is 0 Å². The maximum absolute atomic E-state index is 11.1. The van der Waals surface area contributed by atoms with Gasteiger partial charge < -0.3 is 19.0 Å². The second-order valence-electron chi connectivity index (χ2n) is 3.78. The second kappa shape index (κ2) is 5.66. The molecule has 0 aliphatic heterocycles. The van der Waals surface area contributed by atoms with Gasteiger partial charge in [0.25, 0.3) is 0 Å². The number of hydrogen-bond donors (Lipinski definition) is 1. The minimum atomic E-state index is -0.407. The van der Waals surface area contributed by atoms with Crippen LogP contribution in [0.1, 0.15) is 5.56 Å². The second-order valence-corrected chi connectivity index (χ2v) is 3.78. The van der Waals surface area contributed by atoms with E-state index in [0.29, 0.717) is 17.8 Å². The summed E-state index contributed by atoms with van der Waals surface area (Å²) in [5, 5.41) is 9.82. The number of ether oxygens (including phenoxy) is 2. The fourth-order valence-electron chi connectivity index (χ4n) is 1.72. The molecule has 5 nitrogen and oxygen atoms in total. The third-order valence-corrected chi connectivity index (χ3v) is 2.52. The lowest BCUT2D eigenvalue weighted by Gasteiger charge is -2.11. The van der Waals surface area contributed by atoms with Gasteiger partial charge in [-0.3, -0.25) is 0 Å². The molecule has 1 heterocycles. The lowest BCUT2D eigenvalue weighted by atomic mass is 10.1. The zero-order valence-corrected chi connectivity index (χ0v) is 10.0. The Labute approximate surface area is 104 Å². The predicted molar refractivity (Wildman–Crippen MR) is 65.8 cm³/mol. The number of fused-ring (bicyclic) bond motifs is 1. The van der Waals surface area contributed by atoms with Gasteiger partial charge >= 0.3 is 5.63 Å². The van der Waals surface area contributed by atoms with Crippen molar-refractivity contribution >= 4 is 11.0 Å². The first-order valence-electron chi connectivity index (χ1n) is 5.54. The highest BCUT2D eigenvalue weighted by molar-refractivity contribution is 5.79. The summed E-state index contributed by atoms with van der Waals surface area (Å²) in [6, 6.07) is 6.52. The van der Waals surface area contributed by atoms with E-state index in [-0.39, 0.29) is 13.4 Å². The SMILES string of the molecule is COCOc1cc2oc(=O)ccc2cc1CCO. The smallest absolute Gasteiger partial charge is 0.336 e. The molecule has 96 valence electrons. The Morgan fingerprint density at radius 2 is 2.17 bits per heavy atom. The quantitative estimate of drug-likeness (QED) is 0.640. The summed E-state index contributed by atoms with van der Waals surface area (Å²) in [7, 11) is 1.52. The summed E-state index contributed by atoms with van der Waals surface area (Å²) in [6.07, 6.45) is 0.466. The molecule has 0 fully saturated rings. The summed E-state index contributed by atoms with van der Waals surface area (Å²) < 4.78 is 15.3. The largest absolute Gasteiger partial charge is 0.467 e. The van der Waals surface area contributed by atoms with Crippen molar-refractivity contribution in [3.63, 3.8) is 0 Å². The molecule has 0 bridgehead atoms. The van der Waals surface area contributed by atoms with Gasteiger partial charge in [-0.25, -0.2) is 4.79 Å². The van der Waals surface area contributed by atoms with Gasteiger partial charge in [0.2, 0.25) is 0 Å².